The Balaban J connectivity index is 2.60. The van der Waals surface area contributed by atoms with Gasteiger partial charge in [-0.2, -0.15) is 0 Å². The lowest BCUT2D eigenvalue weighted by molar-refractivity contribution is 0.0690. The van der Waals surface area contributed by atoms with Gasteiger partial charge in [-0.15, -0.1) is 0 Å². The van der Waals surface area contributed by atoms with Crippen molar-refractivity contribution >= 4 is 5.97 Å². The molecule has 2 rings (SSSR count). The first-order valence-electron chi connectivity index (χ1n) is 4.85. The maximum absolute atomic E-state index is 11.3. The number of H-pyrrole nitrogens is 1. The summed E-state index contributed by atoms with van der Waals surface area (Å²) in [7, 11) is 0. The molecule has 2 heterocycles. The van der Waals surface area contributed by atoms with Crippen molar-refractivity contribution in [3.05, 3.63) is 46.0 Å². The minimum Gasteiger partial charge on any atom is -0.477 e. The van der Waals surface area contributed by atoms with Crippen LogP contribution in [-0.4, -0.2) is 26.0 Å². The number of nitrogens with one attached hydrogen (secondary N) is 1. The third-order valence-corrected chi connectivity index (χ3v) is 2.09. The summed E-state index contributed by atoms with van der Waals surface area (Å²) >= 11 is 0. The molecule has 0 radical (unpaired) electrons. The van der Waals surface area contributed by atoms with Gasteiger partial charge < -0.3 is 10.1 Å². The maximum Gasteiger partial charge on any atom is 0.354 e. The van der Waals surface area contributed by atoms with Gasteiger partial charge >= 0.3 is 5.97 Å². The number of nitrogens with zero attached hydrogens (tertiary/aromatic N) is 2. The molecule has 0 spiro atoms. The minimum atomic E-state index is -1.25. The number of aryl methyl sites for hydroxylation is 1. The molecule has 86 valence electrons. The van der Waals surface area contributed by atoms with Gasteiger partial charge in [-0.3, -0.25) is 4.79 Å². The average Bonchev–Trinajstić information content (AvgIpc) is 2.28. The minimum absolute atomic E-state index is 0.151. The molecule has 0 aliphatic heterocycles. The SMILES string of the molecule is Cc1cccc(-c2nc(C(=O)O)cc(=O)[nH]2)n1. The highest BCUT2D eigenvalue weighted by Crippen LogP contribution is 2.10. The monoisotopic (exact) mass is 231 g/mol. The van der Waals surface area contributed by atoms with Crippen molar-refractivity contribution in [2.24, 2.45) is 0 Å². The maximum atomic E-state index is 11.3. The number of aromatic nitrogens is 3. The van der Waals surface area contributed by atoms with Gasteiger partial charge in [0.25, 0.3) is 5.56 Å². The van der Waals surface area contributed by atoms with Crippen molar-refractivity contribution in [1.29, 1.82) is 0 Å². The summed E-state index contributed by atoms with van der Waals surface area (Å²) in [6.07, 6.45) is 0. The summed E-state index contributed by atoms with van der Waals surface area (Å²) in [4.78, 5) is 32.5. The van der Waals surface area contributed by atoms with Gasteiger partial charge in [0.1, 0.15) is 5.69 Å². The van der Waals surface area contributed by atoms with E-state index in [0.717, 1.165) is 11.8 Å². The largest absolute Gasteiger partial charge is 0.477 e. The molecule has 6 heteroatoms. The number of aromatic amines is 1. The van der Waals surface area contributed by atoms with E-state index in [1.807, 2.05) is 0 Å². The van der Waals surface area contributed by atoms with Crippen LogP contribution in [0.25, 0.3) is 11.5 Å². The number of rotatable bonds is 2. The van der Waals surface area contributed by atoms with Gasteiger partial charge in [0.2, 0.25) is 0 Å². The smallest absolute Gasteiger partial charge is 0.354 e. The van der Waals surface area contributed by atoms with Crippen LogP contribution in [0.4, 0.5) is 0 Å². The first-order valence-corrected chi connectivity index (χ1v) is 4.85. The van der Waals surface area contributed by atoms with E-state index in [0.29, 0.717) is 5.69 Å². The number of pyridine rings is 1. The molecule has 0 amide bonds. The van der Waals surface area contributed by atoms with Gasteiger partial charge in [-0.1, -0.05) is 6.07 Å². The van der Waals surface area contributed by atoms with E-state index < -0.39 is 11.5 Å². The van der Waals surface area contributed by atoms with Crippen molar-refractivity contribution in [3.8, 4) is 11.5 Å². The van der Waals surface area contributed by atoms with Gasteiger partial charge in [0.05, 0.1) is 0 Å². The van der Waals surface area contributed by atoms with Crippen LogP contribution in [0, 0.1) is 6.92 Å². The van der Waals surface area contributed by atoms with Gasteiger partial charge in [-0.25, -0.2) is 14.8 Å². The quantitative estimate of drug-likeness (QED) is 0.798. The molecule has 0 fully saturated rings. The lowest BCUT2D eigenvalue weighted by Gasteiger charge is -2.01. The zero-order valence-corrected chi connectivity index (χ0v) is 8.97. The van der Waals surface area contributed by atoms with E-state index in [-0.39, 0.29) is 11.5 Å². The van der Waals surface area contributed by atoms with Crippen molar-refractivity contribution in [2.75, 3.05) is 0 Å². The van der Waals surface area contributed by atoms with Crippen LogP contribution in [0.2, 0.25) is 0 Å². The molecule has 0 aliphatic rings. The second kappa shape index (κ2) is 4.17. The Labute approximate surface area is 96.0 Å². The van der Waals surface area contributed by atoms with Crippen LogP contribution in [0.15, 0.2) is 29.1 Å². The highest BCUT2D eigenvalue weighted by Gasteiger charge is 2.10. The van der Waals surface area contributed by atoms with E-state index in [4.69, 9.17) is 5.11 Å². The Hall–Kier alpha value is -2.50. The molecule has 0 saturated carbocycles. The van der Waals surface area contributed by atoms with Crippen molar-refractivity contribution in [2.45, 2.75) is 6.92 Å². The fourth-order valence-corrected chi connectivity index (χ4v) is 1.36. The molecular weight excluding hydrogens is 222 g/mol. The summed E-state index contributed by atoms with van der Waals surface area (Å²) in [5, 5.41) is 8.80. The Morgan fingerprint density at radius 2 is 2.12 bits per heavy atom. The van der Waals surface area contributed by atoms with Gasteiger partial charge in [0.15, 0.2) is 11.5 Å². The molecular formula is C11H9N3O3. The third kappa shape index (κ3) is 2.36. The topological polar surface area (TPSA) is 95.9 Å². The number of hydrogen-bond donors (Lipinski definition) is 2. The van der Waals surface area contributed by atoms with Crippen LogP contribution in [0.5, 0.6) is 0 Å². The van der Waals surface area contributed by atoms with Gasteiger partial charge in [0, 0.05) is 11.8 Å². The lowest BCUT2D eigenvalue weighted by Crippen LogP contribution is -2.14. The summed E-state index contributed by atoms with van der Waals surface area (Å²) in [6, 6.07) is 6.13. The van der Waals surface area contributed by atoms with Gasteiger partial charge in [-0.05, 0) is 19.1 Å². The molecule has 0 aromatic carbocycles. The van der Waals surface area contributed by atoms with Crippen LogP contribution >= 0.6 is 0 Å². The highest BCUT2D eigenvalue weighted by atomic mass is 16.4. The highest BCUT2D eigenvalue weighted by molar-refractivity contribution is 5.85. The standard InChI is InChI=1S/C11H9N3O3/c1-6-3-2-4-7(12-6)10-13-8(11(16)17)5-9(15)14-10/h2-5H,1H3,(H,16,17)(H,13,14,15). The average molecular weight is 231 g/mol. The Bertz CT molecular complexity index is 634. The molecule has 2 aromatic rings. The molecule has 2 N–H and O–H groups in total. The van der Waals surface area contributed by atoms with Crippen molar-refractivity contribution in [3.63, 3.8) is 0 Å². The zero-order chi connectivity index (χ0) is 12.4. The number of aromatic carboxylic acids is 1. The number of hydrogen-bond acceptors (Lipinski definition) is 4. The summed E-state index contributed by atoms with van der Waals surface area (Å²) in [6.45, 7) is 1.79. The zero-order valence-electron chi connectivity index (χ0n) is 8.97. The normalized spacial score (nSPS) is 10.2. The van der Waals surface area contributed by atoms with Crippen LogP contribution in [0.3, 0.4) is 0 Å². The van der Waals surface area contributed by atoms with Crippen LogP contribution in [0.1, 0.15) is 16.2 Å². The van der Waals surface area contributed by atoms with E-state index >= 15 is 0 Å². The van der Waals surface area contributed by atoms with E-state index in [1.54, 1.807) is 25.1 Å². The lowest BCUT2D eigenvalue weighted by atomic mass is 10.3. The van der Waals surface area contributed by atoms with Crippen molar-refractivity contribution < 1.29 is 9.90 Å². The predicted octanol–water partition coefficient (Wildman–Crippen LogP) is 0.839. The molecule has 0 unspecified atom stereocenters. The van der Waals surface area contributed by atoms with E-state index in [9.17, 15) is 9.59 Å². The summed E-state index contributed by atoms with van der Waals surface area (Å²) in [5.74, 6) is -1.09. The Kier molecular flexibility index (Phi) is 2.70. The van der Waals surface area contributed by atoms with Crippen molar-refractivity contribution in [1.82, 2.24) is 15.0 Å². The van der Waals surface area contributed by atoms with E-state index in [1.165, 1.54) is 0 Å². The Morgan fingerprint density at radius 1 is 1.35 bits per heavy atom. The molecule has 0 aliphatic carbocycles. The molecule has 0 bridgehead atoms. The summed E-state index contributed by atoms with van der Waals surface area (Å²) in [5.41, 5.74) is 0.374. The fourth-order valence-electron chi connectivity index (χ4n) is 1.36. The molecule has 2 aromatic heterocycles. The van der Waals surface area contributed by atoms with E-state index in [2.05, 4.69) is 15.0 Å². The van der Waals surface area contributed by atoms with Crippen LogP contribution in [-0.2, 0) is 0 Å². The predicted molar refractivity (Wildman–Crippen MR) is 59.8 cm³/mol. The first kappa shape index (κ1) is 11.0. The van der Waals surface area contributed by atoms with Crippen LogP contribution < -0.4 is 5.56 Å². The fraction of sp³-hybridized carbons (Fsp3) is 0.0909. The second-order valence-corrected chi connectivity index (χ2v) is 3.45. The summed E-state index contributed by atoms with van der Waals surface area (Å²) < 4.78 is 0. The first-order chi connectivity index (χ1) is 8.06. The number of carbonyl (C=O) groups is 1. The second-order valence-electron chi connectivity index (χ2n) is 3.45. The number of carboxylic acid groups (broad SMARTS) is 1. The third-order valence-electron chi connectivity index (χ3n) is 2.09. The molecule has 0 saturated heterocycles. The molecule has 0 atom stereocenters. The number of carboxylic acids is 1. The molecule has 17 heavy (non-hydrogen) atoms. The Morgan fingerprint density at radius 3 is 2.76 bits per heavy atom. The molecule has 6 nitrogen and oxygen atoms in total.